The number of hydrogen-bond acceptors (Lipinski definition) is 4. The van der Waals surface area contributed by atoms with Crippen molar-refractivity contribution in [1.29, 1.82) is 0 Å². The smallest absolute Gasteiger partial charge is 0.354 e. The van der Waals surface area contributed by atoms with E-state index in [9.17, 15) is 4.79 Å². The zero-order chi connectivity index (χ0) is 20.5. The second kappa shape index (κ2) is 8.08. The van der Waals surface area contributed by atoms with Gasteiger partial charge in [0.1, 0.15) is 5.65 Å². The summed E-state index contributed by atoms with van der Waals surface area (Å²) in [6.07, 6.45) is 9.37. The van der Waals surface area contributed by atoms with E-state index in [4.69, 9.17) is 5.73 Å². The van der Waals surface area contributed by atoms with Crippen LogP contribution >= 0.6 is 0 Å². The summed E-state index contributed by atoms with van der Waals surface area (Å²) in [7, 11) is 0. The van der Waals surface area contributed by atoms with E-state index in [1.165, 1.54) is 24.8 Å². The van der Waals surface area contributed by atoms with Gasteiger partial charge in [-0.25, -0.2) is 4.79 Å². The van der Waals surface area contributed by atoms with Crippen LogP contribution in [0.2, 0.25) is 0 Å². The number of aromatic amines is 2. The molecular weight excluding hydrogens is 376 g/mol. The Bertz CT molecular complexity index is 1230. The van der Waals surface area contributed by atoms with Crippen LogP contribution in [0.25, 0.3) is 27.6 Å². The largest absolute Gasteiger partial charge is 0.361 e. The molecule has 0 bridgehead atoms. The molecule has 0 saturated carbocycles. The Balaban J connectivity index is 1.42. The van der Waals surface area contributed by atoms with E-state index in [0.29, 0.717) is 12.2 Å². The molecule has 156 valence electrons. The minimum atomic E-state index is -0.276. The van der Waals surface area contributed by atoms with E-state index in [-0.39, 0.29) is 5.69 Å². The van der Waals surface area contributed by atoms with Crippen LogP contribution in [0.15, 0.2) is 41.5 Å². The molecule has 7 nitrogen and oxygen atoms in total. The van der Waals surface area contributed by atoms with Gasteiger partial charge in [0.2, 0.25) is 0 Å². The molecule has 0 radical (unpaired) electrons. The lowest BCUT2D eigenvalue weighted by Gasteiger charge is -2.22. The molecule has 5 N–H and O–H groups in total. The minimum Gasteiger partial charge on any atom is -0.361 e. The molecule has 7 heteroatoms. The van der Waals surface area contributed by atoms with Crippen LogP contribution in [-0.4, -0.2) is 39.2 Å². The van der Waals surface area contributed by atoms with Crippen molar-refractivity contribution in [3.8, 4) is 5.69 Å². The molecule has 4 heterocycles. The molecule has 0 amide bonds. The molecule has 0 atom stereocenters. The zero-order valence-electron chi connectivity index (χ0n) is 17.1. The third-order valence-electron chi connectivity index (χ3n) is 6.29. The highest BCUT2D eigenvalue weighted by atomic mass is 16.1. The Morgan fingerprint density at radius 2 is 2.03 bits per heavy atom. The first-order valence-electron chi connectivity index (χ1n) is 10.8. The zero-order valence-corrected chi connectivity index (χ0v) is 17.1. The fourth-order valence-electron chi connectivity index (χ4n) is 4.59. The highest BCUT2D eigenvalue weighted by Crippen LogP contribution is 2.23. The second-order valence-electron chi connectivity index (χ2n) is 8.31. The number of aryl methyl sites for hydroxylation is 1. The van der Waals surface area contributed by atoms with E-state index in [1.807, 2.05) is 30.6 Å². The molecule has 1 fully saturated rings. The van der Waals surface area contributed by atoms with Gasteiger partial charge >= 0.3 is 5.69 Å². The van der Waals surface area contributed by atoms with Crippen molar-refractivity contribution >= 4 is 21.9 Å². The first-order chi connectivity index (χ1) is 14.7. The SMILES string of the molecule is NCCc1c[nH]c2cc(-n3cc4cc(CCC5CCNCC5)[nH]c4nc3=O)ccc12. The second-order valence-corrected chi connectivity index (χ2v) is 8.31. The molecule has 3 aromatic heterocycles. The van der Waals surface area contributed by atoms with Crippen molar-refractivity contribution in [3.63, 3.8) is 0 Å². The van der Waals surface area contributed by atoms with Gasteiger partial charge in [0.15, 0.2) is 0 Å². The van der Waals surface area contributed by atoms with Gasteiger partial charge in [0.05, 0.1) is 5.69 Å². The van der Waals surface area contributed by atoms with Gasteiger partial charge in [-0.15, -0.1) is 0 Å². The maximum atomic E-state index is 12.7. The van der Waals surface area contributed by atoms with Gasteiger partial charge in [-0.2, -0.15) is 4.98 Å². The predicted molar refractivity (Wildman–Crippen MR) is 120 cm³/mol. The first-order valence-corrected chi connectivity index (χ1v) is 10.8. The van der Waals surface area contributed by atoms with Crippen LogP contribution in [0.3, 0.4) is 0 Å². The normalized spacial score (nSPS) is 15.4. The van der Waals surface area contributed by atoms with Crippen LogP contribution in [-0.2, 0) is 12.8 Å². The molecule has 5 rings (SSSR count). The number of rotatable bonds is 6. The summed E-state index contributed by atoms with van der Waals surface area (Å²) in [5, 5.41) is 5.53. The van der Waals surface area contributed by atoms with Crippen molar-refractivity contribution in [2.75, 3.05) is 19.6 Å². The van der Waals surface area contributed by atoms with Gasteiger partial charge in [0.25, 0.3) is 0 Å². The Labute approximate surface area is 174 Å². The van der Waals surface area contributed by atoms with Crippen LogP contribution in [0.5, 0.6) is 0 Å². The van der Waals surface area contributed by atoms with Gasteiger partial charge in [-0.3, -0.25) is 4.57 Å². The first kappa shape index (κ1) is 19.1. The fraction of sp³-hybridized carbons (Fsp3) is 0.391. The average Bonchev–Trinajstić information content (AvgIpc) is 3.35. The molecule has 30 heavy (non-hydrogen) atoms. The quantitative estimate of drug-likeness (QED) is 0.396. The van der Waals surface area contributed by atoms with E-state index in [0.717, 1.165) is 59.5 Å². The van der Waals surface area contributed by atoms with E-state index >= 15 is 0 Å². The number of H-pyrrole nitrogens is 2. The predicted octanol–water partition coefficient (Wildman–Crippen LogP) is 2.63. The molecule has 1 aliphatic heterocycles. The van der Waals surface area contributed by atoms with Crippen LogP contribution in [0, 0.1) is 5.92 Å². The molecule has 4 aromatic rings. The Hall–Kier alpha value is -2.90. The Kier molecular flexibility index (Phi) is 5.14. The van der Waals surface area contributed by atoms with Crippen molar-refractivity contribution in [2.45, 2.75) is 32.1 Å². The third kappa shape index (κ3) is 3.66. The monoisotopic (exact) mass is 404 g/mol. The number of benzene rings is 1. The number of piperidine rings is 1. The van der Waals surface area contributed by atoms with Crippen molar-refractivity contribution in [1.82, 2.24) is 24.8 Å². The summed E-state index contributed by atoms with van der Waals surface area (Å²) < 4.78 is 1.62. The van der Waals surface area contributed by atoms with Crippen molar-refractivity contribution in [2.24, 2.45) is 11.7 Å². The highest BCUT2D eigenvalue weighted by molar-refractivity contribution is 5.85. The Morgan fingerprint density at radius 1 is 1.17 bits per heavy atom. The molecule has 1 saturated heterocycles. The van der Waals surface area contributed by atoms with Gasteiger partial charge in [-0.1, -0.05) is 6.07 Å². The average molecular weight is 405 g/mol. The van der Waals surface area contributed by atoms with Crippen molar-refractivity contribution in [3.05, 3.63) is 58.4 Å². The topological polar surface area (TPSA) is 105 Å². The van der Waals surface area contributed by atoms with E-state index < -0.39 is 0 Å². The molecule has 0 aliphatic carbocycles. The maximum absolute atomic E-state index is 12.7. The summed E-state index contributed by atoms with van der Waals surface area (Å²) in [5.74, 6) is 0.780. The summed E-state index contributed by atoms with van der Waals surface area (Å²) in [6, 6.07) is 8.14. The lowest BCUT2D eigenvalue weighted by molar-refractivity contribution is 0.353. The third-order valence-corrected chi connectivity index (χ3v) is 6.29. The lowest BCUT2D eigenvalue weighted by atomic mass is 9.92. The van der Waals surface area contributed by atoms with Gasteiger partial charge in [-0.05, 0) is 81.4 Å². The van der Waals surface area contributed by atoms with E-state index in [1.54, 1.807) is 4.57 Å². The Morgan fingerprint density at radius 3 is 2.87 bits per heavy atom. The summed E-state index contributed by atoms with van der Waals surface area (Å²) in [6.45, 7) is 2.86. The lowest BCUT2D eigenvalue weighted by Crippen LogP contribution is -2.27. The number of hydrogen-bond donors (Lipinski definition) is 4. The molecular formula is C23H28N6O. The summed E-state index contributed by atoms with van der Waals surface area (Å²) >= 11 is 0. The number of nitrogens with zero attached hydrogens (tertiary/aromatic N) is 2. The fourth-order valence-corrected chi connectivity index (χ4v) is 4.59. The van der Waals surface area contributed by atoms with Gasteiger partial charge in [0, 0.05) is 34.4 Å². The molecule has 0 spiro atoms. The van der Waals surface area contributed by atoms with E-state index in [2.05, 4.69) is 26.3 Å². The molecule has 0 unspecified atom stereocenters. The standard InChI is InChI=1S/C23H28N6O/c24-8-5-16-13-26-21-12-19(3-4-20(16)21)29-14-17-11-18(27-22(17)28-23(29)30)2-1-15-6-9-25-10-7-15/h3-4,11-15,25-26H,1-2,5-10,24H2,(H,27,28,30). The van der Waals surface area contributed by atoms with Crippen molar-refractivity contribution < 1.29 is 0 Å². The number of aromatic nitrogens is 4. The molecule has 1 aromatic carbocycles. The highest BCUT2D eigenvalue weighted by Gasteiger charge is 2.14. The van der Waals surface area contributed by atoms with Gasteiger partial charge < -0.3 is 21.0 Å². The van der Waals surface area contributed by atoms with Crippen LogP contribution < -0.4 is 16.7 Å². The van der Waals surface area contributed by atoms with Crippen LogP contribution in [0.4, 0.5) is 0 Å². The molecule has 1 aliphatic rings. The minimum absolute atomic E-state index is 0.276. The number of nitrogens with two attached hydrogens (primary N) is 1. The maximum Gasteiger partial charge on any atom is 0.354 e. The number of fused-ring (bicyclic) bond motifs is 2. The summed E-state index contributed by atoms with van der Waals surface area (Å²) in [5.41, 5.74) is 10.2. The summed E-state index contributed by atoms with van der Waals surface area (Å²) in [4.78, 5) is 23.6. The number of nitrogens with one attached hydrogen (secondary N) is 3. The van der Waals surface area contributed by atoms with Crippen LogP contribution in [0.1, 0.15) is 30.5 Å².